The first-order chi connectivity index (χ1) is 9.14. The van der Waals surface area contributed by atoms with Gasteiger partial charge in [0.15, 0.2) is 0 Å². The van der Waals surface area contributed by atoms with Crippen molar-refractivity contribution >= 4 is 25.0 Å². The van der Waals surface area contributed by atoms with E-state index in [9.17, 15) is 4.79 Å². The lowest BCUT2D eigenvalue weighted by Crippen LogP contribution is -2.45. The zero-order valence-electron chi connectivity index (χ0n) is 13.1. The molecule has 1 heterocycles. The molecule has 20 heavy (non-hydrogen) atoms. The van der Waals surface area contributed by atoms with Gasteiger partial charge in [-0.2, -0.15) is 0 Å². The fraction of sp³-hybridized carbons (Fsp3) is 0.533. The summed E-state index contributed by atoms with van der Waals surface area (Å²) in [6.07, 6.45) is 0.492. The van der Waals surface area contributed by atoms with Gasteiger partial charge in [-0.15, -0.1) is 0 Å². The highest BCUT2D eigenvalue weighted by molar-refractivity contribution is 6.93. The molecule has 1 aromatic carbocycles. The Bertz CT molecular complexity index is 534. The summed E-state index contributed by atoms with van der Waals surface area (Å²) in [6, 6.07) is 5.91. The second-order valence-corrected chi connectivity index (χ2v) is 11.5. The lowest BCUT2D eigenvalue weighted by atomic mass is 10.2. The predicted octanol–water partition coefficient (Wildman–Crippen LogP) is 2.90. The van der Waals surface area contributed by atoms with E-state index in [1.807, 2.05) is 32.9 Å². The van der Waals surface area contributed by atoms with Gasteiger partial charge in [0, 0.05) is 11.9 Å². The number of hydrogen-bond acceptors (Lipinski definition) is 3. The zero-order chi connectivity index (χ0) is 15.1. The Morgan fingerprint density at radius 1 is 1.30 bits per heavy atom. The van der Waals surface area contributed by atoms with E-state index in [0.29, 0.717) is 0 Å². The van der Waals surface area contributed by atoms with Crippen molar-refractivity contribution in [1.82, 2.24) is 0 Å². The second-order valence-electron chi connectivity index (χ2n) is 6.83. The average Bonchev–Trinajstić information content (AvgIpc) is 2.59. The smallest absolute Gasteiger partial charge is 0.414 e. The number of ether oxygens (including phenoxy) is 2. The van der Waals surface area contributed by atoms with Crippen LogP contribution in [0.1, 0.15) is 20.8 Å². The van der Waals surface area contributed by atoms with Gasteiger partial charge in [-0.3, -0.25) is 4.90 Å². The summed E-state index contributed by atoms with van der Waals surface area (Å²) in [6.45, 7) is 10.2. The van der Waals surface area contributed by atoms with Gasteiger partial charge in [-0.05, 0) is 44.2 Å². The Balaban J connectivity index is 2.36. The molecule has 110 valence electrons. The minimum absolute atomic E-state index is 0.262. The number of fused-ring (bicyclic) bond motifs is 1. The number of benzene rings is 1. The second kappa shape index (κ2) is 4.81. The maximum atomic E-state index is 12.4. The van der Waals surface area contributed by atoms with Crippen LogP contribution in [0.25, 0.3) is 0 Å². The van der Waals surface area contributed by atoms with E-state index in [1.54, 1.807) is 12.0 Å². The molecule has 0 unspecified atom stereocenters. The van der Waals surface area contributed by atoms with Crippen LogP contribution in [0.15, 0.2) is 18.2 Å². The van der Waals surface area contributed by atoms with Gasteiger partial charge < -0.3 is 9.47 Å². The van der Waals surface area contributed by atoms with Gasteiger partial charge >= 0.3 is 6.09 Å². The molecule has 0 atom stereocenters. The summed E-state index contributed by atoms with van der Waals surface area (Å²) in [5, 5.41) is 1.25. The summed E-state index contributed by atoms with van der Waals surface area (Å²) < 4.78 is 10.8. The SMILES string of the molecule is COc1ccc2c(c1)[Si](C)(C)CN2C(=O)OC(C)(C)C. The van der Waals surface area contributed by atoms with E-state index in [0.717, 1.165) is 17.6 Å². The molecule has 4 nitrogen and oxygen atoms in total. The molecule has 0 spiro atoms. The number of nitrogens with zero attached hydrogens (tertiary/aromatic N) is 1. The third-order valence-electron chi connectivity index (χ3n) is 3.39. The third-order valence-corrected chi connectivity index (χ3v) is 6.36. The molecule has 0 aromatic heterocycles. The Hall–Kier alpha value is -1.49. The van der Waals surface area contributed by atoms with Crippen molar-refractivity contribution in [2.45, 2.75) is 39.5 Å². The molecular weight excluding hydrogens is 270 g/mol. The topological polar surface area (TPSA) is 38.8 Å². The number of hydrogen-bond donors (Lipinski definition) is 0. The van der Waals surface area contributed by atoms with Crippen LogP contribution in [0.3, 0.4) is 0 Å². The van der Waals surface area contributed by atoms with Crippen molar-refractivity contribution in [2.75, 3.05) is 18.2 Å². The van der Waals surface area contributed by atoms with Crippen LogP contribution in [-0.4, -0.2) is 33.0 Å². The van der Waals surface area contributed by atoms with E-state index >= 15 is 0 Å². The largest absolute Gasteiger partial charge is 0.497 e. The fourth-order valence-corrected chi connectivity index (χ4v) is 5.17. The number of rotatable bonds is 1. The molecule has 1 aromatic rings. The molecule has 0 saturated heterocycles. The molecule has 0 fully saturated rings. The maximum Gasteiger partial charge on any atom is 0.414 e. The Morgan fingerprint density at radius 2 is 1.95 bits per heavy atom. The summed E-state index contributed by atoms with van der Waals surface area (Å²) in [7, 11) is -0.00101. The van der Waals surface area contributed by atoms with E-state index in [1.165, 1.54) is 5.19 Å². The molecule has 0 bridgehead atoms. The molecule has 0 N–H and O–H groups in total. The maximum absolute atomic E-state index is 12.4. The highest BCUT2D eigenvalue weighted by Gasteiger charge is 2.41. The minimum Gasteiger partial charge on any atom is -0.497 e. The monoisotopic (exact) mass is 293 g/mol. The molecule has 2 rings (SSSR count). The van der Waals surface area contributed by atoms with Crippen LogP contribution in [0, 0.1) is 0 Å². The first-order valence-corrected chi connectivity index (χ1v) is 10.0. The first kappa shape index (κ1) is 14.9. The lowest BCUT2D eigenvalue weighted by molar-refractivity contribution is 0.0587. The number of amides is 1. The van der Waals surface area contributed by atoms with Crippen molar-refractivity contribution in [3.8, 4) is 5.75 Å². The summed E-state index contributed by atoms with van der Waals surface area (Å²) >= 11 is 0. The Morgan fingerprint density at radius 3 is 2.50 bits per heavy atom. The molecule has 0 aliphatic carbocycles. The highest BCUT2D eigenvalue weighted by atomic mass is 28.3. The molecule has 0 saturated carbocycles. The van der Waals surface area contributed by atoms with Crippen LogP contribution < -0.4 is 14.8 Å². The number of anilines is 1. The van der Waals surface area contributed by atoms with Gasteiger partial charge in [0.1, 0.15) is 19.4 Å². The van der Waals surface area contributed by atoms with Crippen molar-refractivity contribution in [3.63, 3.8) is 0 Å². The number of carbonyl (C=O) groups excluding carboxylic acids is 1. The molecule has 5 heteroatoms. The molecule has 1 aliphatic rings. The minimum atomic E-state index is -1.66. The van der Waals surface area contributed by atoms with Crippen LogP contribution in [0.5, 0.6) is 5.75 Å². The first-order valence-electron chi connectivity index (χ1n) is 6.83. The van der Waals surface area contributed by atoms with E-state index < -0.39 is 13.7 Å². The van der Waals surface area contributed by atoms with E-state index in [4.69, 9.17) is 9.47 Å². The van der Waals surface area contributed by atoms with Crippen molar-refractivity contribution in [2.24, 2.45) is 0 Å². The third kappa shape index (κ3) is 2.82. The average molecular weight is 293 g/mol. The Labute approximate surface area is 121 Å². The standard InChI is InChI=1S/C15H23NO3Si/c1-15(2,3)19-14(17)16-10-20(5,6)13-9-11(18-4)7-8-12(13)16/h7-9H,10H2,1-6H3. The zero-order valence-corrected chi connectivity index (χ0v) is 14.1. The van der Waals surface area contributed by atoms with Crippen LogP contribution in [-0.2, 0) is 4.74 Å². The summed E-state index contributed by atoms with van der Waals surface area (Å²) in [4.78, 5) is 14.1. The van der Waals surface area contributed by atoms with Gasteiger partial charge in [0.05, 0.1) is 7.11 Å². The highest BCUT2D eigenvalue weighted by Crippen LogP contribution is 2.29. The number of carbonyl (C=O) groups is 1. The Kier molecular flexibility index (Phi) is 3.58. The molecule has 0 radical (unpaired) electrons. The molecule has 1 aliphatic heterocycles. The van der Waals surface area contributed by atoms with Crippen molar-refractivity contribution in [3.05, 3.63) is 18.2 Å². The van der Waals surface area contributed by atoms with E-state index in [-0.39, 0.29) is 6.09 Å². The lowest BCUT2D eigenvalue weighted by Gasteiger charge is -2.25. The molecular formula is C15H23NO3Si. The van der Waals surface area contributed by atoms with Gasteiger partial charge in [0.2, 0.25) is 0 Å². The van der Waals surface area contributed by atoms with Gasteiger partial charge in [0.25, 0.3) is 0 Å². The van der Waals surface area contributed by atoms with E-state index in [2.05, 4.69) is 19.2 Å². The van der Waals surface area contributed by atoms with Gasteiger partial charge in [-0.1, -0.05) is 13.1 Å². The van der Waals surface area contributed by atoms with Crippen LogP contribution in [0.4, 0.5) is 10.5 Å². The normalized spacial score (nSPS) is 16.8. The van der Waals surface area contributed by atoms with Crippen molar-refractivity contribution in [1.29, 1.82) is 0 Å². The summed E-state index contributed by atoms with van der Waals surface area (Å²) in [5.41, 5.74) is 0.495. The number of methoxy groups -OCH3 is 1. The van der Waals surface area contributed by atoms with Crippen molar-refractivity contribution < 1.29 is 14.3 Å². The van der Waals surface area contributed by atoms with Crippen LogP contribution >= 0.6 is 0 Å². The molecule has 1 amide bonds. The quantitative estimate of drug-likeness (QED) is 0.747. The van der Waals surface area contributed by atoms with Gasteiger partial charge in [-0.25, -0.2) is 4.79 Å². The fourth-order valence-electron chi connectivity index (χ4n) is 2.47. The predicted molar refractivity (Wildman–Crippen MR) is 83.7 cm³/mol. The van der Waals surface area contributed by atoms with Crippen LogP contribution in [0.2, 0.25) is 13.1 Å². The summed E-state index contributed by atoms with van der Waals surface area (Å²) in [5.74, 6) is 0.843.